The molecule has 0 bridgehead atoms. The third-order valence-corrected chi connectivity index (χ3v) is 3.75. The molecule has 0 aliphatic carbocycles. The van der Waals surface area contributed by atoms with E-state index in [1.165, 1.54) is 0 Å². The lowest BCUT2D eigenvalue weighted by atomic mass is 10.1. The van der Waals surface area contributed by atoms with E-state index < -0.39 is 0 Å². The lowest BCUT2D eigenvalue weighted by molar-refractivity contribution is 0.0865. The van der Waals surface area contributed by atoms with E-state index in [9.17, 15) is 4.79 Å². The van der Waals surface area contributed by atoms with E-state index in [0.29, 0.717) is 5.56 Å². The van der Waals surface area contributed by atoms with Gasteiger partial charge in [0, 0.05) is 11.1 Å². The van der Waals surface area contributed by atoms with Gasteiger partial charge < -0.3 is 10.1 Å². The molecule has 1 amide bonds. The zero-order chi connectivity index (χ0) is 12.4. The Morgan fingerprint density at radius 2 is 2.29 bits per heavy atom. The van der Waals surface area contributed by atoms with Crippen LogP contribution >= 0.6 is 15.9 Å². The highest BCUT2D eigenvalue weighted by molar-refractivity contribution is 9.10. The fourth-order valence-corrected chi connectivity index (χ4v) is 2.41. The molecule has 92 valence electrons. The van der Waals surface area contributed by atoms with Gasteiger partial charge >= 0.3 is 0 Å². The molecular formula is C13H16BrNO2. The molecule has 1 aliphatic heterocycles. The first-order valence-corrected chi connectivity index (χ1v) is 6.56. The SMILES string of the molecule is Cc1ccc(Br)c(C(=O)NC2CCOC2C)c1. The number of amides is 1. The van der Waals surface area contributed by atoms with Crippen molar-refractivity contribution in [3.8, 4) is 0 Å². The van der Waals surface area contributed by atoms with Crippen LogP contribution in [0.15, 0.2) is 22.7 Å². The highest BCUT2D eigenvalue weighted by Crippen LogP contribution is 2.19. The quantitative estimate of drug-likeness (QED) is 0.911. The van der Waals surface area contributed by atoms with Crippen LogP contribution in [-0.2, 0) is 4.74 Å². The summed E-state index contributed by atoms with van der Waals surface area (Å²) in [7, 11) is 0. The number of benzene rings is 1. The van der Waals surface area contributed by atoms with Crippen molar-refractivity contribution >= 4 is 21.8 Å². The summed E-state index contributed by atoms with van der Waals surface area (Å²) in [6, 6.07) is 5.89. The van der Waals surface area contributed by atoms with Crippen LogP contribution in [0.5, 0.6) is 0 Å². The number of hydrogen-bond acceptors (Lipinski definition) is 2. The topological polar surface area (TPSA) is 38.3 Å². The van der Waals surface area contributed by atoms with Crippen LogP contribution < -0.4 is 5.32 Å². The average Bonchev–Trinajstić information content (AvgIpc) is 2.68. The summed E-state index contributed by atoms with van der Waals surface area (Å²) in [5.41, 5.74) is 1.76. The molecule has 1 aliphatic rings. The number of hydrogen-bond donors (Lipinski definition) is 1. The minimum Gasteiger partial charge on any atom is -0.376 e. The van der Waals surface area contributed by atoms with E-state index in [0.717, 1.165) is 23.1 Å². The number of carbonyl (C=O) groups is 1. The van der Waals surface area contributed by atoms with Gasteiger partial charge in [0.2, 0.25) is 0 Å². The van der Waals surface area contributed by atoms with E-state index in [4.69, 9.17) is 4.74 Å². The summed E-state index contributed by atoms with van der Waals surface area (Å²) in [5, 5.41) is 3.02. The zero-order valence-corrected chi connectivity index (χ0v) is 11.6. The molecule has 1 N–H and O–H groups in total. The zero-order valence-electron chi connectivity index (χ0n) is 10.00. The third-order valence-electron chi connectivity index (χ3n) is 3.06. The van der Waals surface area contributed by atoms with Crippen molar-refractivity contribution in [2.45, 2.75) is 32.4 Å². The Bertz CT molecular complexity index is 433. The summed E-state index contributed by atoms with van der Waals surface area (Å²) in [6.45, 7) is 4.69. The number of rotatable bonds is 2. The van der Waals surface area contributed by atoms with E-state index in [-0.39, 0.29) is 18.1 Å². The van der Waals surface area contributed by atoms with Crippen molar-refractivity contribution < 1.29 is 9.53 Å². The third kappa shape index (κ3) is 2.87. The lowest BCUT2D eigenvalue weighted by Gasteiger charge is -2.16. The molecule has 0 spiro atoms. The largest absolute Gasteiger partial charge is 0.376 e. The van der Waals surface area contributed by atoms with Crippen molar-refractivity contribution in [2.24, 2.45) is 0 Å². The minimum absolute atomic E-state index is 0.0390. The summed E-state index contributed by atoms with van der Waals surface area (Å²) >= 11 is 3.40. The second-order valence-electron chi connectivity index (χ2n) is 4.43. The average molecular weight is 298 g/mol. The normalized spacial score (nSPS) is 23.7. The van der Waals surface area contributed by atoms with Crippen LogP contribution in [-0.4, -0.2) is 24.7 Å². The Morgan fingerprint density at radius 3 is 2.94 bits per heavy atom. The molecule has 3 nitrogen and oxygen atoms in total. The van der Waals surface area contributed by atoms with Gasteiger partial charge in [-0.05, 0) is 48.3 Å². The second kappa shape index (κ2) is 5.19. The summed E-state index contributed by atoms with van der Waals surface area (Å²) in [5.74, 6) is -0.0390. The second-order valence-corrected chi connectivity index (χ2v) is 5.28. The molecule has 0 aromatic heterocycles. The van der Waals surface area contributed by atoms with Gasteiger partial charge in [-0.25, -0.2) is 0 Å². The fraction of sp³-hybridized carbons (Fsp3) is 0.462. The van der Waals surface area contributed by atoms with Crippen LogP contribution in [0, 0.1) is 6.92 Å². The molecular weight excluding hydrogens is 282 g/mol. The van der Waals surface area contributed by atoms with Gasteiger partial charge in [0.15, 0.2) is 0 Å². The van der Waals surface area contributed by atoms with Crippen LogP contribution in [0.1, 0.15) is 29.3 Å². The molecule has 0 saturated carbocycles. The number of nitrogens with one attached hydrogen (secondary N) is 1. The Labute approximate surface area is 110 Å². The van der Waals surface area contributed by atoms with E-state index >= 15 is 0 Å². The van der Waals surface area contributed by atoms with Crippen LogP contribution in [0.4, 0.5) is 0 Å². The Morgan fingerprint density at radius 1 is 1.53 bits per heavy atom. The highest BCUT2D eigenvalue weighted by atomic mass is 79.9. The standard InChI is InChI=1S/C13H16BrNO2/c1-8-3-4-11(14)10(7-8)13(16)15-12-5-6-17-9(12)2/h3-4,7,9,12H,5-6H2,1-2H3,(H,15,16). The number of halogens is 1. The van der Waals surface area contributed by atoms with Crippen LogP contribution in [0.2, 0.25) is 0 Å². The fourth-order valence-electron chi connectivity index (χ4n) is 1.98. The van der Waals surface area contributed by atoms with Crippen molar-refractivity contribution in [1.82, 2.24) is 5.32 Å². The summed E-state index contributed by atoms with van der Waals surface area (Å²) in [4.78, 5) is 12.1. The highest BCUT2D eigenvalue weighted by Gasteiger charge is 2.26. The molecule has 1 heterocycles. The first kappa shape index (κ1) is 12.6. The summed E-state index contributed by atoms with van der Waals surface area (Å²) < 4.78 is 6.26. The van der Waals surface area contributed by atoms with Gasteiger partial charge in [0.05, 0.1) is 17.7 Å². The first-order valence-electron chi connectivity index (χ1n) is 5.76. The van der Waals surface area contributed by atoms with E-state index in [1.807, 2.05) is 32.0 Å². The number of ether oxygens (including phenoxy) is 1. The first-order chi connectivity index (χ1) is 8.08. The van der Waals surface area contributed by atoms with Gasteiger partial charge in [-0.2, -0.15) is 0 Å². The predicted octanol–water partition coefficient (Wildman–Crippen LogP) is 2.66. The van der Waals surface area contributed by atoms with E-state index in [2.05, 4.69) is 21.2 Å². The van der Waals surface area contributed by atoms with Crippen LogP contribution in [0.25, 0.3) is 0 Å². The van der Waals surface area contributed by atoms with Gasteiger partial charge in [0.25, 0.3) is 5.91 Å². The molecule has 2 rings (SSSR count). The molecule has 0 radical (unpaired) electrons. The van der Waals surface area contributed by atoms with Gasteiger partial charge in [-0.3, -0.25) is 4.79 Å². The van der Waals surface area contributed by atoms with Gasteiger partial charge in [0.1, 0.15) is 0 Å². The lowest BCUT2D eigenvalue weighted by Crippen LogP contribution is -2.39. The molecule has 1 aromatic carbocycles. The monoisotopic (exact) mass is 297 g/mol. The van der Waals surface area contributed by atoms with Gasteiger partial charge in [-0.1, -0.05) is 11.6 Å². The Hall–Kier alpha value is -0.870. The smallest absolute Gasteiger partial charge is 0.252 e. The molecule has 1 aromatic rings. The molecule has 17 heavy (non-hydrogen) atoms. The minimum atomic E-state index is -0.0390. The Kier molecular flexibility index (Phi) is 3.84. The molecule has 2 atom stereocenters. The van der Waals surface area contributed by atoms with Crippen molar-refractivity contribution in [2.75, 3.05) is 6.61 Å². The van der Waals surface area contributed by atoms with Crippen molar-refractivity contribution in [3.63, 3.8) is 0 Å². The van der Waals surface area contributed by atoms with Crippen LogP contribution in [0.3, 0.4) is 0 Å². The van der Waals surface area contributed by atoms with E-state index in [1.54, 1.807) is 0 Å². The molecule has 1 fully saturated rings. The predicted molar refractivity (Wildman–Crippen MR) is 70.2 cm³/mol. The number of aryl methyl sites for hydroxylation is 1. The number of carbonyl (C=O) groups excluding carboxylic acids is 1. The maximum atomic E-state index is 12.1. The van der Waals surface area contributed by atoms with Crippen molar-refractivity contribution in [3.05, 3.63) is 33.8 Å². The molecule has 4 heteroatoms. The Balaban J connectivity index is 2.11. The maximum Gasteiger partial charge on any atom is 0.252 e. The maximum absolute atomic E-state index is 12.1. The molecule has 1 saturated heterocycles. The summed E-state index contributed by atoms with van der Waals surface area (Å²) in [6.07, 6.45) is 0.985. The molecule has 2 unspecified atom stereocenters. The van der Waals surface area contributed by atoms with Crippen molar-refractivity contribution in [1.29, 1.82) is 0 Å². The van der Waals surface area contributed by atoms with Gasteiger partial charge in [-0.15, -0.1) is 0 Å².